The maximum absolute atomic E-state index is 14.2. The SMILES string of the molecule is COCCCCN1C(=O)COc2ccc(CC(=O)[C@H]3CN(C(=O)OC(C)(C)C)CC[C@@H]3c3cccc(-c4ccccc4)c3)cc21. The molecule has 8 nitrogen and oxygen atoms in total. The number of methoxy groups -OCH3 is 1. The van der Waals surface area contributed by atoms with Crippen LogP contribution in [0.25, 0.3) is 11.1 Å². The van der Waals surface area contributed by atoms with Crippen molar-refractivity contribution in [2.75, 3.05) is 44.9 Å². The molecule has 3 aromatic carbocycles. The number of carbonyl (C=O) groups excluding carboxylic acids is 3. The molecule has 2 heterocycles. The van der Waals surface area contributed by atoms with Crippen molar-refractivity contribution < 1.29 is 28.6 Å². The number of likely N-dealkylation sites (tertiary alicyclic amines) is 1. The van der Waals surface area contributed by atoms with Crippen LogP contribution in [0.3, 0.4) is 0 Å². The molecule has 0 spiro atoms. The molecule has 3 aromatic rings. The van der Waals surface area contributed by atoms with Crippen molar-refractivity contribution in [3.8, 4) is 16.9 Å². The molecule has 5 rings (SSSR count). The van der Waals surface area contributed by atoms with E-state index in [-0.39, 0.29) is 37.2 Å². The fourth-order valence-corrected chi connectivity index (χ4v) is 6.20. The van der Waals surface area contributed by atoms with Gasteiger partial charge in [-0.15, -0.1) is 0 Å². The molecule has 2 atom stereocenters. The van der Waals surface area contributed by atoms with Crippen LogP contribution in [0.1, 0.15) is 57.1 Å². The molecule has 2 aliphatic rings. The van der Waals surface area contributed by atoms with Gasteiger partial charge in [0.1, 0.15) is 17.1 Å². The summed E-state index contributed by atoms with van der Waals surface area (Å²) in [6, 6.07) is 24.2. The van der Waals surface area contributed by atoms with Crippen LogP contribution < -0.4 is 9.64 Å². The number of hydrogen-bond donors (Lipinski definition) is 0. The topological polar surface area (TPSA) is 85.4 Å². The monoisotopic (exact) mass is 612 g/mol. The number of anilines is 1. The number of rotatable bonds is 10. The molecule has 0 aliphatic carbocycles. The molecule has 0 saturated carbocycles. The number of ether oxygens (including phenoxy) is 3. The number of Topliss-reactive ketones (excluding diaryl/α,β-unsaturated/α-hetero) is 1. The van der Waals surface area contributed by atoms with E-state index >= 15 is 0 Å². The number of ketones is 1. The number of nitrogens with zero attached hydrogens (tertiary/aromatic N) is 2. The molecule has 0 N–H and O–H groups in total. The van der Waals surface area contributed by atoms with E-state index in [1.807, 2.05) is 63.2 Å². The number of amides is 2. The van der Waals surface area contributed by atoms with E-state index in [4.69, 9.17) is 14.2 Å². The molecule has 0 bridgehead atoms. The lowest BCUT2D eigenvalue weighted by Gasteiger charge is -2.39. The lowest BCUT2D eigenvalue weighted by Crippen LogP contribution is -2.47. The van der Waals surface area contributed by atoms with Gasteiger partial charge in [0.15, 0.2) is 6.61 Å². The van der Waals surface area contributed by atoms with Crippen LogP contribution in [0.5, 0.6) is 5.75 Å². The predicted molar refractivity (Wildman–Crippen MR) is 175 cm³/mol. The summed E-state index contributed by atoms with van der Waals surface area (Å²) in [5.41, 5.74) is 4.18. The van der Waals surface area contributed by atoms with Crippen molar-refractivity contribution in [3.63, 3.8) is 0 Å². The average Bonchev–Trinajstić information content (AvgIpc) is 3.03. The molecule has 1 saturated heterocycles. The van der Waals surface area contributed by atoms with Crippen molar-refractivity contribution in [3.05, 3.63) is 83.9 Å². The van der Waals surface area contributed by atoms with Gasteiger partial charge in [-0.05, 0) is 80.3 Å². The van der Waals surface area contributed by atoms with Gasteiger partial charge in [0.2, 0.25) is 0 Å². The molecule has 0 aromatic heterocycles. The summed E-state index contributed by atoms with van der Waals surface area (Å²) >= 11 is 0. The van der Waals surface area contributed by atoms with Crippen molar-refractivity contribution in [2.45, 2.75) is 58.0 Å². The van der Waals surface area contributed by atoms with E-state index in [1.165, 1.54) is 0 Å². The first kappa shape index (κ1) is 32.2. The Balaban J connectivity index is 1.40. The largest absolute Gasteiger partial charge is 0.482 e. The first-order valence-corrected chi connectivity index (χ1v) is 15.8. The van der Waals surface area contributed by atoms with Crippen LogP contribution >= 0.6 is 0 Å². The molecule has 8 heteroatoms. The zero-order chi connectivity index (χ0) is 32.0. The van der Waals surface area contributed by atoms with Gasteiger partial charge in [-0.1, -0.05) is 60.7 Å². The van der Waals surface area contributed by atoms with Gasteiger partial charge < -0.3 is 24.0 Å². The Labute approximate surface area is 266 Å². The van der Waals surface area contributed by atoms with Gasteiger partial charge in [0, 0.05) is 45.7 Å². The molecule has 45 heavy (non-hydrogen) atoms. The quantitative estimate of drug-likeness (QED) is 0.238. The highest BCUT2D eigenvalue weighted by Crippen LogP contribution is 2.38. The van der Waals surface area contributed by atoms with Gasteiger partial charge in [-0.25, -0.2) is 4.79 Å². The van der Waals surface area contributed by atoms with Crippen LogP contribution in [0.15, 0.2) is 72.8 Å². The molecule has 0 radical (unpaired) electrons. The Morgan fingerprint density at radius 1 is 0.956 bits per heavy atom. The number of carbonyl (C=O) groups is 3. The molecule has 2 aliphatic heterocycles. The predicted octanol–water partition coefficient (Wildman–Crippen LogP) is 6.66. The minimum absolute atomic E-state index is 0.00184. The van der Waals surface area contributed by atoms with Crippen LogP contribution in [-0.2, 0) is 25.5 Å². The van der Waals surface area contributed by atoms with Crippen LogP contribution in [-0.4, -0.2) is 68.2 Å². The number of piperidine rings is 1. The lowest BCUT2D eigenvalue weighted by molar-refractivity contribution is -0.124. The average molecular weight is 613 g/mol. The Bertz CT molecular complexity index is 1500. The summed E-state index contributed by atoms with van der Waals surface area (Å²) in [7, 11) is 1.67. The highest BCUT2D eigenvalue weighted by molar-refractivity contribution is 5.98. The highest BCUT2D eigenvalue weighted by atomic mass is 16.6. The first-order valence-electron chi connectivity index (χ1n) is 15.8. The number of hydrogen-bond acceptors (Lipinski definition) is 6. The third kappa shape index (κ3) is 8.11. The van der Waals surface area contributed by atoms with Gasteiger partial charge in [-0.3, -0.25) is 9.59 Å². The summed E-state index contributed by atoms with van der Waals surface area (Å²) in [6.07, 6.45) is 2.08. The van der Waals surface area contributed by atoms with Gasteiger partial charge in [-0.2, -0.15) is 0 Å². The standard InChI is InChI=1S/C37H44N2O6/c1-37(2,3)45-36(42)38-19-17-30(29-14-10-13-28(23-29)27-11-6-5-7-12-27)31(24-38)33(40)22-26-15-16-34-32(21-26)39(35(41)25-44-34)18-8-9-20-43-4/h5-7,10-16,21,23,30-31H,8-9,17-20,22,24-25H2,1-4H3/t30-,31+/m1/s1. The molecule has 0 unspecified atom stereocenters. The fraction of sp³-hybridized carbons (Fsp3) is 0.432. The van der Waals surface area contributed by atoms with Crippen molar-refractivity contribution in [1.29, 1.82) is 0 Å². The molecule has 2 amide bonds. The van der Waals surface area contributed by atoms with Crippen LogP contribution in [0, 0.1) is 5.92 Å². The smallest absolute Gasteiger partial charge is 0.410 e. The van der Waals surface area contributed by atoms with E-state index < -0.39 is 17.6 Å². The Morgan fingerprint density at radius 2 is 1.73 bits per heavy atom. The minimum Gasteiger partial charge on any atom is -0.482 e. The summed E-state index contributed by atoms with van der Waals surface area (Å²) in [5.74, 6) is 0.119. The third-order valence-electron chi connectivity index (χ3n) is 8.42. The Hall–Kier alpha value is -4.17. The zero-order valence-corrected chi connectivity index (χ0v) is 26.8. The van der Waals surface area contributed by atoms with Crippen LogP contribution in [0.2, 0.25) is 0 Å². The van der Waals surface area contributed by atoms with Crippen molar-refractivity contribution in [1.82, 2.24) is 4.90 Å². The van der Waals surface area contributed by atoms with Gasteiger partial charge >= 0.3 is 6.09 Å². The van der Waals surface area contributed by atoms with E-state index in [2.05, 4.69) is 30.3 Å². The second kappa shape index (κ2) is 14.3. The summed E-state index contributed by atoms with van der Waals surface area (Å²) in [5, 5.41) is 0. The fourth-order valence-electron chi connectivity index (χ4n) is 6.20. The maximum Gasteiger partial charge on any atom is 0.410 e. The second-order valence-corrected chi connectivity index (χ2v) is 12.9. The maximum atomic E-state index is 14.2. The summed E-state index contributed by atoms with van der Waals surface area (Å²) < 4.78 is 16.6. The minimum atomic E-state index is -0.629. The number of benzene rings is 3. The normalized spacial score (nSPS) is 18.3. The second-order valence-electron chi connectivity index (χ2n) is 12.9. The van der Waals surface area contributed by atoms with E-state index in [0.717, 1.165) is 35.1 Å². The Morgan fingerprint density at radius 3 is 2.49 bits per heavy atom. The summed E-state index contributed by atoms with van der Waals surface area (Å²) in [6.45, 7) is 7.53. The van der Waals surface area contributed by atoms with E-state index in [9.17, 15) is 14.4 Å². The van der Waals surface area contributed by atoms with Gasteiger partial charge in [0.25, 0.3) is 5.91 Å². The zero-order valence-electron chi connectivity index (χ0n) is 26.8. The molecular formula is C37H44N2O6. The highest BCUT2D eigenvalue weighted by Gasteiger charge is 2.38. The van der Waals surface area contributed by atoms with E-state index in [0.29, 0.717) is 37.6 Å². The number of unbranched alkanes of at least 4 members (excludes halogenated alkanes) is 1. The summed E-state index contributed by atoms with van der Waals surface area (Å²) in [4.78, 5) is 43.5. The molecule has 238 valence electrons. The lowest BCUT2D eigenvalue weighted by atomic mass is 9.76. The number of fused-ring (bicyclic) bond motifs is 1. The first-order chi connectivity index (χ1) is 21.6. The van der Waals surface area contributed by atoms with Gasteiger partial charge in [0.05, 0.1) is 5.69 Å². The van der Waals surface area contributed by atoms with Crippen molar-refractivity contribution >= 4 is 23.5 Å². The van der Waals surface area contributed by atoms with E-state index in [1.54, 1.807) is 16.9 Å². The third-order valence-corrected chi connectivity index (χ3v) is 8.42. The Kier molecular flexibility index (Phi) is 10.2. The molecular weight excluding hydrogens is 568 g/mol. The van der Waals surface area contributed by atoms with Crippen LogP contribution in [0.4, 0.5) is 10.5 Å². The van der Waals surface area contributed by atoms with Crippen molar-refractivity contribution in [2.24, 2.45) is 5.92 Å². The molecule has 1 fully saturated rings.